The molecule has 0 aromatic heterocycles. The summed E-state index contributed by atoms with van der Waals surface area (Å²) in [5, 5.41) is 3.67. The first-order chi connectivity index (χ1) is 15.8. The molecule has 0 unspecified atom stereocenters. The summed E-state index contributed by atoms with van der Waals surface area (Å²) in [5.41, 5.74) is 8.36. The highest BCUT2D eigenvalue weighted by atomic mass is 16.5. The number of aryl methyl sites for hydroxylation is 1. The highest BCUT2D eigenvalue weighted by Crippen LogP contribution is 2.45. The lowest BCUT2D eigenvalue weighted by Crippen LogP contribution is -2.45. The Morgan fingerprint density at radius 1 is 0.969 bits per heavy atom. The number of likely N-dealkylation sites (tertiary alicyclic amines) is 1. The monoisotopic (exact) mass is 423 g/mol. The predicted octanol–water partition coefficient (Wildman–Crippen LogP) is 6.30. The van der Waals surface area contributed by atoms with Gasteiger partial charge >= 0.3 is 0 Å². The van der Waals surface area contributed by atoms with Gasteiger partial charge in [0.2, 0.25) is 0 Å². The van der Waals surface area contributed by atoms with Crippen LogP contribution in [0.5, 0.6) is 0 Å². The van der Waals surface area contributed by atoms with Gasteiger partial charge in [-0.25, -0.2) is 4.99 Å². The number of benzene rings is 3. The maximum atomic E-state index is 6.40. The Morgan fingerprint density at radius 3 is 2.66 bits per heavy atom. The Kier molecular flexibility index (Phi) is 4.76. The molecule has 4 heteroatoms. The second-order valence-electron chi connectivity index (χ2n) is 9.13. The maximum absolute atomic E-state index is 6.40. The molecule has 3 aliphatic heterocycles. The normalized spacial score (nSPS) is 18.3. The number of hydrogen-bond acceptors (Lipinski definition) is 4. The molecule has 0 saturated carbocycles. The number of fused-ring (bicyclic) bond motifs is 4. The summed E-state index contributed by atoms with van der Waals surface area (Å²) in [6.45, 7) is 4.83. The summed E-state index contributed by atoms with van der Waals surface area (Å²) in [4.78, 5) is 7.65. The third-order valence-corrected chi connectivity index (χ3v) is 7.15. The van der Waals surface area contributed by atoms with E-state index in [1.165, 1.54) is 22.3 Å². The van der Waals surface area contributed by atoms with Gasteiger partial charge in [-0.1, -0.05) is 55.8 Å². The highest BCUT2D eigenvalue weighted by Gasteiger charge is 2.43. The molecule has 3 aromatic carbocycles. The number of hydrogen-bond donors (Lipinski definition) is 1. The number of para-hydroxylation sites is 1. The second kappa shape index (κ2) is 7.79. The molecule has 6 rings (SSSR count). The lowest BCUT2D eigenvalue weighted by atomic mass is 9.83. The highest BCUT2D eigenvalue weighted by molar-refractivity contribution is 6.07. The third kappa shape index (κ3) is 3.21. The fourth-order valence-electron chi connectivity index (χ4n) is 5.45. The standard InChI is InChI=1S/C28H29N3O/c1-2-7-20-12-13-25-26(18-20)29-24-11-6-4-9-22(24)27(30-25)31-16-14-28(15-17-31)23-10-5-3-8-21(23)19-32-28/h3-6,8-13,18,29H,2,7,14-17,19H2,1H3. The third-order valence-electron chi connectivity index (χ3n) is 7.15. The van der Waals surface area contributed by atoms with Crippen LogP contribution in [0.15, 0.2) is 71.7 Å². The van der Waals surface area contributed by atoms with Gasteiger partial charge in [-0.05, 0) is 60.2 Å². The number of aliphatic imine (C=N–C) groups is 1. The lowest BCUT2D eigenvalue weighted by Gasteiger charge is -2.40. The molecule has 0 radical (unpaired) electrons. The minimum absolute atomic E-state index is 0.136. The molecular weight excluding hydrogens is 394 g/mol. The van der Waals surface area contributed by atoms with Crippen LogP contribution in [0.2, 0.25) is 0 Å². The number of rotatable bonds is 2. The van der Waals surface area contributed by atoms with Gasteiger partial charge in [0, 0.05) is 24.3 Å². The summed E-state index contributed by atoms with van der Waals surface area (Å²) in [5.74, 6) is 1.07. The first-order valence-electron chi connectivity index (χ1n) is 11.8. The van der Waals surface area contributed by atoms with E-state index in [4.69, 9.17) is 9.73 Å². The molecule has 0 bridgehead atoms. The summed E-state index contributed by atoms with van der Waals surface area (Å²) in [6.07, 6.45) is 4.20. The number of amidine groups is 1. The fraction of sp³-hybridized carbons (Fsp3) is 0.321. The maximum Gasteiger partial charge on any atom is 0.138 e. The molecule has 0 amide bonds. The summed E-state index contributed by atoms with van der Waals surface area (Å²) in [7, 11) is 0. The van der Waals surface area contributed by atoms with Crippen molar-refractivity contribution in [3.8, 4) is 0 Å². The van der Waals surface area contributed by atoms with Crippen molar-refractivity contribution in [2.45, 2.75) is 44.8 Å². The van der Waals surface area contributed by atoms with E-state index in [-0.39, 0.29) is 5.60 Å². The van der Waals surface area contributed by atoms with Gasteiger partial charge in [-0.3, -0.25) is 0 Å². The zero-order chi connectivity index (χ0) is 21.5. The van der Waals surface area contributed by atoms with Crippen molar-refractivity contribution in [1.82, 2.24) is 4.90 Å². The summed E-state index contributed by atoms with van der Waals surface area (Å²) < 4.78 is 6.40. The summed E-state index contributed by atoms with van der Waals surface area (Å²) >= 11 is 0. The minimum Gasteiger partial charge on any atom is -0.365 e. The largest absolute Gasteiger partial charge is 0.365 e. The van der Waals surface area contributed by atoms with Gasteiger partial charge in [0.05, 0.1) is 23.6 Å². The van der Waals surface area contributed by atoms with Gasteiger partial charge in [-0.15, -0.1) is 0 Å². The van der Waals surface area contributed by atoms with Gasteiger partial charge < -0.3 is 15.0 Å². The van der Waals surface area contributed by atoms with Crippen LogP contribution in [0, 0.1) is 0 Å². The zero-order valence-electron chi connectivity index (χ0n) is 18.6. The Hall–Kier alpha value is -3.11. The SMILES string of the molecule is CCCc1ccc2c(c1)Nc1ccccc1C(N1CCC3(CC1)OCc1ccccc13)=N2. The number of piperidine rings is 1. The predicted molar refractivity (Wildman–Crippen MR) is 130 cm³/mol. The Morgan fingerprint density at radius 2 is 1.78 bits per heavy atom. The average Bonchev–Trinajstić information content (AvgIpc) is 3.09. The molecule has 3 aliphatic rings. The van der Waals surface area contributed by atoms with Crippen molar-refractivity contribution in [3.63, 3.8) is 0 Å². The first-order valence-corrected chi connectivity index (χ1v) is 11.8. The number of nitrogens with one attached hydrogen (secondary N) is 1. The first kappa shape index (κ1) is 19.6. The van der Waals surface area contributed by atoms with Crippen molar-refractivity contribution in [1.29, 1.82) is 0 Å². The molecule has 1 N–H and O–H groups in total. The van der Waals surface area contributed by atoms with Crippen molar-refractivity contribution >= 4 is 22.9 Å². The van der Waals surface area contributed by atoms with Crippen LogP contribution in [0.1, 0.15) is 48.4 Å². The number of ether oxygens (including phenoxy) is 1. The molecule has 3 aromatic rings. The molecule has 1 spiro atoms. The lowest BCUT2D eigenvalue weighted by molar-refractivity contribution is -0.0704. The molecule has 4 nitrogen and oxygen atoms in total. The second-order valence-corrected chi connectivity index (χ2v) is 9.13. The van der Waals surface area contributed by atoms with Gasteiger partial charge in [0.25, 0.3) is 0 Å². The molecule has 1 fully saturated rings. The van der Waals surface area contributed by atoms with Crippen molar-refractivity contribution < 1.29 is 4.74 Å². The quantitative estimate of drug-likeness (QED) is 0.526. The molecule has 1 saturated heterocycles. The van der Waals surface area contributed by atoms with E-state index in [9.17, 15) is 0 Å². The van der Waals surface area contributed by atoms with E-state index in [1.807, 2.05) is 0 Å². The van der Waals surface area contributed by atoms with E-state index in [2.05, 4.69) is 83.9 Å². The molecule has 32 heavy (non-hydrogen) atoms. The minimum atomic E-state index is -0.136. The van der Waals surface area contributed by atoms with Crippen molar-refractivity contribution in [3.05, 3.63) is 89.0 Å². The van der Waals surface area contributed by atoms with Crippen LogP contribution in [-0.2, 0) is 23.4 Å². The van der Waals surface area contributed by atoms with Crippen LogP contribution in [0.4, 0.5) is 17.1 Å². The fourth-order valence-corrected chi connectivity index (χ4v) is 5.45. The van der Waals surface area contributed by atoms with Gasteiger partial charge in [0.1, 0.15) is 5.84 Å². The van der Waals surface area contributed by atoms with E-state index in [0.717, 1.165) is 68.3 Å². The van der Waals surface area contributed by atoms with E-state index < -0.39 is 0 Å². The van der Waals surface area contributed by atoms with Crippen LogP contribution >= 0.6 is 0 Å². The van der Waals surface area contributed by atoms with Crippen LogP contribution in [0.25, 0.3) is 0 Å². The van der Waals surface area contributed by atoms with E-state index >= 15 is 0 Å². The summed E-state index contributed by atoms with van der Waals surface area (Å²) in [6, 6.07) is 23.9. The smallest absolute Gasteiger partial charge is 0.138 e. The topological polar surface area (TPSA) is 36.9 Å². The van der Waals surface area contributed by atoms with Crippen LogP contribution in [-0.4, -0.2) is 23.8 Å². The molecular formula is C28H29N3O. The molecule has 3 heterocycles. The Balaban J connectivity index is 1.34. The van der Waals surface area contributed by atoms with E-state index in [0.29, 0.717) is 0 Å². The number of anilines is 2. The van der Waals surface area contributed by atoms with Crippen molar-refractivity contribution in [2.75, 3.05) is 18.4 Å². The Bertz CT molecular complexity index is 1190. The van der Waals surface area contributed by atoms with Crippen LogP contribution < -0.4 is 5.32 Å². The number of nitrogens with zero attached hydrogens (tertiary/aromatic N) is 2. The molecule has 0 aliphatic carbocycles. The molecule has 0 atom stereocenters. The van der Waals surface area contributed by atoms with E-state index in [1.54, 1.807) is 0 Å². The van der Waals surface area contributed by atoms with Crippen molar-refractivity contribution in [2.24, 2.45) is 4.99 Å². The van der Waals surface area contributed by atoms with Gasteiger partial charge in [0.15, 0.2) is 0 Å². The average molecular weight is 424 g/mol. The zero-order valence-corrected chi connectivity index (χ0v) is 18.6. The molecule has 162 valence electrons. The van der Waals surface area contributed by atoms with Gasteiger partial charge in [-0.2, -0.15) is 0 Å². The Labute approximate surface area is 189 Å². The van der Waals surface area contributed by atoms with Crippen LogP contribution in [0.3, 0.4) is 0 Å².